The van der Waals surface area contributed by atoms with E-state index in [9.17, 15) is 4.79 Å². The Morgan fingerprint density at radius 3 is 0.960 bits per heavy atom. The molecule has 0 saturated heterocycles. The maximum atomic E-state index is 12.8. The molecule has 6 heteroatoms. The SMILES string of the molecule is CCCCCCCCCCCCCCCCCCOCC(COCCCCCCCCCCCCCCCCCC)N(N)C(=O)C(N)CCC. The fraction of sp³-hybridized carbons (Fsp3) is 0.977. The van der Waals surface area contributed by atoms with Gasteiger partial charge in [0, 0.05) is 13.2 Å². The first-order chi connectivity index (χ1) is 24.6. The third kappa shape index (κ3) is 34.4. The number of hydrogen-bond donors (Lipinski definition) is 2. The third-order valence-corrected chi connectivity index (χ3v) is 10.5. The number of amides is 1. The van der Waals surface area contributed by atoms with Gasteiger partial charge in [-0.05, 0) is 19.3 Å². The van der Waals surface area contributed by atoms with Gasteiger partial charge in [0.2, 0.25) is 0 Å². The molecule has 0 aromatic rings. The van der Waals surface area contributed by atoms with Crippen LogP contribution in [0.2, 0.25) is 0 Å². The monoisotopic (exact) mass is 710 g/mol. The molecule has 0 heterocycles. The van der Waals surface area contributed by atoms with Gasteiger partial charge in [-0.2, -0.15) is 0 Å². The normalized spacial score (nSPS) is 12.3. The topological polar surface area (TPSA) is 90.8 Å². The summed E-state index contributed by atoms with van der Waals surface area (Å²) in [6.07, 6.45) is 45.0. The number of rotatable bonds is 42. The van der Waals surface area contributed by atoms with Crippen LogP contribution in [0.4, 0.5) is 0 Å². The summed E-state index contributed by atoms with van der Waals surface area (Å²) < 4.78 is 12.0. The van der Waals surface area contributed by atoms with Gasteiger partial charge in [0.15, 0.2) is 0 Å². The van der Waals surface area contributed by atoms with Crippen molar-refractivity contribution in [1.82, 2.24) is 5.01 Å². The van der Waals surface area contributed by atoms with Gasteiger partial charge < -0.3 is 15.2 Å². The molecule has 1 atom stereocenters. The van der Waals surface area contributed by atoms with Gasteiger partial charge in [-0.15, -0.1) is 0 Å². The number of carbonyl (C=O) groups is 1. The molecular weight excluding hydrogens is 619 g/mol. The summed E-state index contributed by atoms with van der Waals surface area (Å²) in [7, 11) is 0. The average molecular weight is 710 g/mol. The molecule has 0 rings (SSSR count). The van der Waals surface area contributed by atoms with Gasteiger partial charge >= 0.3 is 0 Å². The molecular formula is C44H91N3O3. The van der Waals surface area contributed by atoms with Crippen molar-refractivity contribution < 1.29 is 14.3 Å². The number of ether oxygens (including phenoxy) is 2. The Hall–Kier alpha value is -0.690. The van der Waals surface area contributed by atoms with Gasteiger partial charge in [0.05, 0.1) is 25.3 Å². The second kappa shape index (κ2) is 41.1. The molecule has 0 fully saturated rings. The van der Waals surface area contributed by atoms with Crippen LogP contribution in [0.3, 0.4) is 0 Å². The molecule has 0 aliphatic rings. The molecule has 0 radical (unpaired) electrons. The third-order valence-electron chi connectivity index (χ3n) is 10.5. The molecule has 50 heavy (non-hydrogen) atoms. The maximum absolute atomic E-state index is 12.8. The highest BCUT2D eigenvalue weighted by atomic mass is 16.5. The van der Waals surface area contributed by atoms with Gasteiger partial charge in [0.25, 0.3) is 5.91 Å². The maximum Gasteiger partial charge on any atom is 0.253 e. The van der Waals surface area contributed by atoms with Crippen LogP contribution >= 0.6 is 0 Å². The Labute approximate surface area is 313 Å². The van der Waals surface area contributed by atoms with E-state index in [2.05, 4.69) is 13.8 Å². The van der Waals surface area contributed by atoms with Crippen LogP contribution in [0.5, 0.6) is 0 Å². The van der Waals surface area contributed by atoms with Crippen molar-refractivity contribution in [2.24, 2.45) is 11.6 Å². The Morgan fingerprint density at radius 2 is 0.700 bits per heavy atom. The lowest BCUT2D eigenvalue weighted by Gasteiger charge is -2.29. The van der Waals surface area contributed by atoms with E-state index < -0.39 is 6.04 Å². The lowest BCUT2D eigenvalue weighted by molar-refractivity contribution is -0.138. The number of nitrogens with zero attached hydrogens (tertiary/aromatic N) is 1. The highest BCUT2D eigenvalue weighted by Gasteiger charge is 2.25. The van der Waals surface area contributed by atoms with E-state index in [1.165, 1.54) is 198 Å². The fourth-order valence-electron chi connectivity index (χ4n) is 6.96. The zero-order chi connectivity index (χ0) is 36.6. The van der Waals surface area contributed by atoms with Crippen molar-refractivity contribution >= 4 is 5.91 Å². The quantitative estimate of drug-likeness (QED) is 0.0285. The number of hydrogen-bond acceptors (Lipinski definition) is 5. The second-order valence-corrected chi connectivity index (χ2v) is 15.6. The second-order valence-electron chi connectivity index (χ2n) is 15.6. The van der Waals surface area contributed by atoms with Crippen molar-refractivity contribution in [3.05, 3.63) is 0 Å². The first-order valence-corrected chi connectivity index (χ1v) is 22.6. The van der Waals surface area contributed by atoms with Crippen LogP contribution in [-0.2, 0) is 14.3 Å². The van der Waals surface area contributed by atoms with Crippen LogP contribution in [0.25, 0.3) is 0 Å². The zero-order valence-corrected chi connectivity index (χ0v) is 34.4. The molecule has 0 saturated carbocycles. The van der Waals surface area contributed by atoms with Crippen molar-refractivity contribution in [3.8, 4) is 0 Å². The van der Waals surface area contributed by atoms with Gasteiger partial charge in [-0.25, -0.2) is 5.84 Å². The summed E-state index contributed by atoms with van der Waals surface area (Å²) in [5.74, 6) is 6.08. The summed E-state index contributed by atoms with van der Waals surface area (Å²) in [4.78, 5) is 12.8. The molecule has 1 amide bonds. The molecule has 0 bridgehead atoms. The van der Waals surface area contributed by atoms with Crippen LogP contribution < -0.4 is 11.6 Å². The number of nitrogens with two attached hydrogens (primary N) is 2. The van der Waals surface area contributed by atoms with Gasteiger partial charge in [-0.3, -0.25) is 9.80 Å². The fourth-order valence-corrected chi connectivity index (χ4v) is 6.96. The first kappa shape index (κ1) is 49.3. The molecule has 300 valence electrons. The minimum atomic E-state index is -0.562. The lowest BCUT2D eigenvalue weighted by atomic mass is 10.0. The highest BCUT2D eigenvalue weighted by molar-refractivity contribution is 5.81. The molecule has 1 unspecified atom stereocenters. The Kier molecular flexibility index (Phi) is 40.5. The van der Waals surface area contributed by atoms with E-state index in [-0.39, 0.29) is 11.9 Å². The van der Waals surface area contributed by atoms with Crippen molar-refractivity contribution in [2.75, 3.05) is 26.4 Å². The predicted octanol–water partition coefficient (Wildman–Crippen LogP) is 12.7. The molecule has 0 aliphatic heterocycles. The van der Waals surface area contributed by atoms with Crippen molar-refractivity contribution in [3.63, 3.8) is 0 Å². The standard InChI is InChI=1S/C44H91N3O3/c1-4-7-9-11-13-15-17-19-21-23-25-27-29-31-33-35-38-49-40-42(47(46)44(48)43(45)37-6-3)41-50-39-36-34-32-30-28-26-24-22-20-18-16-14-12-10-8-5-2/h42-43H,4-41,45-46H2,1-3H3. The van der Waals surface area contributed by atoms with E-state index in [4.69, 9.17) is 21.1 Å². The van der Waals surface area contributed by atoms with E-state index in [1.807, 2.05) is 6.92 Å². The Balaban J connectivity index is 3.90. The van der Waals surface area contributed by atoms with Crippen molar-refractivity contribution in [1.29, 1.82) is 0 Å². The zero-order valence-electron chi connectivity index (χ0n) is 34.4. The predicted molar refractivity (Wildman–Crippen MR) is 218 cm³/mol. The summed E-state index contributed by atoms with van der Waals surface area (Å²) in [5.41, 5.74) is 6.11. The van der Waals surface area contributed by atoms with Crippen molar-refractivity contribution in [2.45, 2.75) is 251 Å². The van der Waals surface area contributed by atoms with Crippen LogP contribution in [-0.4, -0.2) is 49.4 Å². The highest BCUT2D eigenvalue weighted by Crippen LogP contribution is 2.15. The molecule has 4 N–H and O–H groups in total. The average Bonchev–Trinajstić information content (AvgIpc) is 3.12. The van der Waals surface area contributed by atoms with E-state index >= 15 is 0 Å². The summed E-state index contributed by atoms with van der Waals surface area (Å²) >= 11 is 0. The summed E-state index contributed by atoms with van der Waals surface area (Å²) in [5, 5.41) is 1.29. The Morgan fingerprint density at radius 1 is 0.440 bits per heavy atom. The number of carbonyl (C=O) groups excluding carboxylic acids is 1. The van der Waals surface area contributed by atoms with Crippen LogP contribution in [0.15, 0.2) is 0 Å². The molecule has 0 aromatic carbocycles. The number of unbranched alkanes of at least 4 members (excludes halogenated alkanes) is 30. The molecule has 0 spiro atoms. The van der Waals surface area contributed by atoms with E-state index in [0.717, 1.165) is 19.3 Å². The minimum Gasteiger partial charge on any atom is -0.379 e. The number of hydrazine groups is 1. The lowest BCUT2D eigenvalue weighted by Crippen LogP contribution is -2.55. The summed E-state index contributed by atoms with van der Waals surface area (Å²) in [6.45, 7) is 8.83. The summed E-state index contributed by atoms with van der Waals surface area (Å²) in [6, 6.07) is -0.860. The smallest absolute Gasteiger partial charge is 0.253 e. The Bertz CT molecular complexity index is 624. The molecule has 0 aliphatic carbocycles. The van der Waals surface area contributed by atoms with E-state index in [0.29, 0.717) is 32.8 Å². The molecule has 6 nitrogen and oxygen atoms in total. The first-order valence-electron chi connectivity index (χ1n) is 22.6. The molecule has 0 aromatic heterocycles. The van der Waals surface area contributed by atoms with Gasteiger partial charge in [0.1, 0.15) is 0 Å². The van der Waals surface area contributed by atoms with E-state index in [1.54, 1.807) is 0 Å². The van der Waals surface area contributed by atoms with Crippen LogP contribution in [0.1, 0.15) is 239 Å². The minimum absolute atomic E-state index is 0.214. The van der Waals surface area contributed by atoms with Crippen LogP contribution in [0, 0.1) is 0 Å². The largest absolute Gasteiger partial charge is 0.379 e. The van der Waals surface area contributed by atoms with Gasteiger partial charge in [-0.1, -0.05) is 220 Å².